The van der Waals surface area contributed by atoms with Crippen LogP contribution in [-0.4, -0.2) is 15.6 Å². The lowest BCUT2D eigenvalue weighted by Crippen LogP contribution is -2.13. The number of hydrogen-bond acceptors (Lipinski definition) is 3. The molecule has 134 valence electrons. The van der Waals surface area contributed by atoms with Crippen molar-refractivity contribution in [3.05, 3.63) is 89.3 Å². The van der Waals surface area contributed by atoms with Crippen molar-refractivity contribution < 1.29 is 18.0 Å². The summed E-state index contributed by atoms with van der Waals surface area (Å²) in [4.78, 5) is 12.4. The van der Waals surface area contributed by atoms with Crippen LogP contribution in [0.2, 0.25) is 0 Å². The molecule has 0 aliphatic heterocycles. The number of ketones is 1. The zero-order chi connectivity index (χ0) is 19.4. The topological polar surface area (TPSA) is 58.7 Å². The number of rotatable bonds is 4. The first-order valence-electron chi connectivity index (χ1n) is 7.83. The average Bonchev–Trinajstić information content (AvgIpc) is 3.17. The van der Waals surface area contributed by atoms with Gasteiger partial charge in [0.25, 0.3) is 0 Å². The largest absolute Gasteiger partial charge is 0.433 e. The minimum absolute atomic E-state index is 0.0657. The third-order valence-corrected chi connectivity index (χ3v) is 3.78. The van der Waals surface area contributed by atoms with Crippen LogP contribution in [0.25, 0.3) is 11.8 Å². The number of hydrogen-bond donors (Lipinski definition) is 0. The van der Waals surface area contributed by atoms with E-state index in [9.17, 15) is 23.2 Å². The van der Waals surface area contributed by atoms with Crippen molar-refractivity contribution in [3.63, 3.8) is 0 Å². The Bertz CT molecular complexity index is 1030. The quantitative estimate of drug-likeness (QED) is 0.382. The van der Waals surface area contributed by atoms with Gasteiger partial charge in [0, 0.05) is 5.56 Å². The summed E-state index contributed by atoms with van der Waals surface area (Å²) in [7, 11) is 0. The third kappa shape index (κ3) is 3.96. The van der Waals surface area contributed by atoms with Gasteiger partial charge in [-0.05, 0) is 29.8 Å². The van der Waals surface area contributed by atoms with Gasteiger partial charge in [-0.15, -0.1) is 0 Å². The van der Waals surface area contributed by atoms with Crippen LogP contribution in [0.15, 0.2) is 72.4 Å². The molecule has 0 fully saturated rings. The van der Waals surface area contributed by atoms with Crippen LogP contribution >= 0.6 is 0 Å². The molecule has 4 nitrogen and oxygen atoms in total. The van der Waals surface area contributed by atoms with Crippen LogP contribution in [0.3, 0.4) is 0 Å². The number of carbonyl (C=O) groups excluding carboxylic acids is 1. The van der Waals surface area contributed by atoms with Crippen molar-refractivity contribution in [2.75, 3.05) is 0 Å². The Kier molecular flexibility index (Phi) is 4.90. The Morgan fingerprint density at radius 1 is 1.04 bits per heavy atom. The van der Waals surface area contributed by atoms with Gasteiger partial charge in [-0.1, -0.05) is 42.5 Å². The number of nitriles is 1. The number of Topliss-reactive ketones (excluding diaryl/α,β-unsaturated/α-hetero) is 1. The Balaban J connectivity index is 1.90. The molecule has 3 aromatic rings. The smallest absolute Gasteiger partial charge is 0.288 e. The Labute approximate surface area is 152 Å². The van der Waals surface area contributed by atoms with E-state index in [2.05, 4.69) is 5.10 Å². The van der Waals surface area contributed by atoms with Crippen LogP contribution in [0.5, 0.6) is 0 Å². The number of halogens is 3. The second-order valence-corrected chi connectivity index (χ2v) is 5.58. The highest BCUT2D eigenvalue weighted by Crippen LogP contribution is 2.30. The first-order chi connectivity index (χ1) is 12.9. The molecule has 27 heavy (non-hydrogen) atoms. The van der Waals surface area contributed by atoms with E-state index in [1.807, 2.05) is 6.07 Å². The van der Waals surface area contributed by atoms with Crippen molar-refractivity contribution in [1.82, 2.24) is 9.78 Å². The Morgan fingerprint density at radius 3 is 2.30 bits per heavy atom. The summed E-state index contributed by atoms with van der Waals surface area (Å²) >= 11 is 0. The van der Waals surface area contributed by atoms with E-state index in [1.165, 1.54) is 30.3 Å². The molecule has 0 N–H and O–H groups in total. The molecule has 1 aromatic heterocycles. The molecule has 2 aromatic carbocycles. The molecule has 3 rings (SSSR count). The molecule has 0 radical (unpaired) electrons. The summed E-state index contributed by atoms with van der Waals surface area (Å²) < 4.78 is 39.7. The molecule has 1 heterocycles. The predicted octanol–water partition coefficient (Wildman–Crippen LogP) is 4.68. The van der Waals surface area contributed by atoms with Crippen LogP contribution in [-0.2, 0) is 6.18 Å². The standard InChI is InChI=1S/C20H12F3N3O/c21-20(22,23)18-10-11-25-26(18)17-8-6-14(7-9-17)12-16(13-24)19(27)15-4-2-1-3-5-15/h1-12H. The molecule has 0 bridgehead atoms. The predicted molar refractivity (Wildman–Crippen MR) is 92.9 cm³/mol. The van der Waals surface area contributed by atoms with Gasteiger partial charge >= 0.3 is 6.18 Å². The molecule has 0 amide bonds. The van der Waals surface area contributed by atoms with E-state index >= 15 is 0 Å². The monoisotopic (exact) mass is 367 g/mol. The highest BCUT2D eigenvalue weighted by atomic mass is 19.4. The highest BCUT2D eigenvalue weighted by molar-refractivity contribution is 6.14. The van der Waals surface area contributed by atoms with E-state index in [4.69, 9.17) is 0 Å². The van der Waals surface area contributed by atoms with Crippen molar-refractivity contribution >= 4 is 11.9 Å². The normalized spacial score (nSPS) is 11.9. The van der Waals surface area contributed by atoms with E-state index in [-0.39, 0.29) is 11.3 Å². The van der Waals surface area contributed by atoms with Crippen molar-refractivity contribution in [2.45, 2.75) is 6.18 Å². The molecule has 0 saturated carbocycles. The van der Waals surface area contributed by atoms with Crippen molar-refractivity contribution in [2.24, 2.45) is 0 Å². The zero-order valence-electron chi connectivity index (χ0n) is 13.8. The second kappa shape index (κ2) is 7.30. The van der Waals surface area contributed by atoms with E-state index in [1.54, 1.807) is 30.3 Å². The van der Waals surface area contributed by atoms with Gasteiger partial charge in [0.15, 0.2) is 0 Å². The van der Waals surface area contributed by atoms with E-state index < -0.39 is 17.7 Å². The number of allylic oxidation sites excluding steroid dienone is 1. The molecule has 0 saturated heterocycles. The Hall–Kier alpha value is -3.66. The molecule has 7 heteroatoms. The van der Waals surface area contributed by atoms with E-state index in [0.717, 1.165) is 16.9 Å². The minimum atomic E-state index is -4.52. The van der Waals surface area contributed by atoms with Crippen molar-refractivity contribution in [1.29, 1.82) is 5.26 Å². The maximum Gasteiger partial charge on any atom is 0.433 e. The first-order valence-corrected chi connectivity index (χ1v) is 7.83. The molecule has 0 unspecified atom stereocenters. The minimum Gasteiger partial charge on any atom is -0.288 e. The molecule has 0 aliphatic rings. The Morgan fingerprint density at radius 2 is 1.70 bits per heavy atom. The lowest BCUT2D eigenvalue weighted by atomic mass is 10.0. The fourth-order valence-electron chi connectivity index (χ4n) is 2.50. The number of carbonyl (C=O) groups is 1. The summed E-state index contributed by atoms with van der Waals surface area (Å²) in [6.07, 6.45) is -2.05. The molecular weight excluding hydrogens is 355 g/mol. The van der Waals surface area contributed by atoms with Gasteiger partial charge in [-0.3, -0.25) is 4.79 Å². The number of alkyl halides is 3. The summed E-state index contributed by atoms with van der Waals surface area (Å²) in [5, 5.41) is 13.0. The van der Waals surface area contributed by atoms with Crippen LogP contribution in [0.4, 0.5) is 13.2 Å². The van der Waals surface area contributed by atoms with Gasteiger partial charge < -0.3 is 0 Å². The SMILES string of the molecule is N#CC(=Cc1ccc(-n2nccc2C(F)(F)F)cc1)C(=O)c1ccccc1. The second-order valence-electron chi connectivity index (χ2n) is 5.58. The van der Waals surface area contributed by atoms with Crippen LogP contribution < -0.4 is 0 Å². The fourth-order valence-corrected chi connectivity index (χ4v) is 2.50. The zero-order valence-corrected chi connectivity index (χ0v) is 13.8. The van der Waals surface area contributed by atoms with Gasteiger partial charge in [0.1, 0.15) is 17.3 Å². The van der Waals surface area contributed by atoms with Crippen molar-refractivity contribution in [3.8, 4) is 11.8 Å². The number of aromatic nitrogens is 2. The molecule has 0 aliphatic carbocycles. The summed E-state index contributed by atoms with van der Waals surface area (Å²) in [6, 6.07) is 17.0. The van der Waals surface area contributed by atoms with Crippen LogP contribution in [0, 0.1) is 11.3 Å². The first kappa shape index (κ1) is 18.1. The van der Waals surface area contributed by atoms with Gasteiger partial charge in [-0.2, -0.15) is 23.5 Å². The summed E-state index contributed by atoms with van der Waals surface area (Å²) in [5.41, 5.74) is 0.165. The molecule has 0 spiro atoms. The third-order valence-electron chi connectivity index (χ3n) is 3.78. The lowest BCUT2D eigenvalue weighted by Gasteiger charge is -2.10. The maximum atomic E-state index is 13.0. The lowest BCUT2D eigenvalue weighted by molar-refractivity contribution is -0.142. The molecule has 0 atom stereocenters. The average molecular weight is 367 g/mol. The van der Waals surface area contributed by atoms with Crippen LogP contribution in [0.1, 0.15) is 21.6 Å². The van der Waals surface area contributed by atoms with E-state index in [0.29, 0.717) is 11.1 Å². The maximum absolute atomic E-state index is 13.0. The molecular formula is C20H12F3N3O. The summed E-state index contributed by atoms with van der Waals surface area (Å²) in [6.45, 7) is 0. The fraction of sp³-hybridized carbons (Fsp3) is 0.0500. The van der Waals surface area contributed by atoms with Gasteiger partial charge in [-0.25, -0.2) is 4.68 Å². The summed E-state index contributed by atoms with van der Waals surface area (Å²) in [5.74, 6) is -0.423. The number of nitrogens with zero attached hydrogens (tertiary/aromatic N) is 3. The number of benzene rings is 2. The highest BCUT2D eigenvalue weighted by Gasteiger charge is 2.35. The van der Waals surface area contributed by atoms with Gasteiger partial charge in [0.2, 0.25) is 5.78 Å². The van der Waals surface area contributed by atoms with Gasteiger partial charge in [0.05, 0.1) is 11.9 Å².